The number of alkyl halides is 1. The van der Waals surface area contributed by atoms with E-state index in [0.717, 1.165) is 77.6 Å². The molecule has 0 heterocycles. The number of methoxy groups -OCH3 is 2. The standard InChI is InChI=1S/C33H34O5.C27H23ClO3.ClH.H3N/c1-33(2,3)38-32(35)21-26(20-31(34)36-4)24-14-16-25(17-15-24)27-18-19-30(29-13-9-8-12-28(27)29)37-22-23-10-6-5-7-11-23;1-30-27(29)17-25(28)21-13-11-20(12-14-21)22-15-16-26(24-10-6-5-9-23(22)24)31-18-19-7-3-2-4-8-19;;/h5-19,26H,20-22H2,1-4H3;2-16,25H,17-18H2,1H3;1H;1H3/t26-;25-;;/m10../s1. The summed E-state index contributed by atoms with van der Waals surface area (Å²) < 4.78 is 27.4. The van der Waals surface area contributed by atoms with Gasteiger partial charge in [0.25, 0.3) is 0 Å². The molecule has 3 N–H and O–H groups in total. The maximum absolute atomic E-state index is 12.5. The fourth-order valence-electron chi connectivity index (χ4n) is 8.10. The van der Waals surface area contributed by atoms with Crippen LogP contribution >= 0.6 is 24.0 Å². The van der Waals surface area contributed by atoms with Crippen molar-refractivity contribution in [1.29, 1.82) is 0 Å². The summed E-state index contributed by atoms with van der Waals surface area (Å²) in [5, 5.41) is 3.91. The van der Waals surface area contributed by atoms with Crippen molar-refractivity contribution >= 4 is 63.5 Å². The lowest BCUT2D eigenvalue weighted by molar-refractivity contribution is -0.155. The zero-order valence-corrected chi connectivity index (χ0v) is 42.3. The summed E-state index contributed by atoms with van der Waals surface area (Å²) in [5.74, 6) is 0.337. The number of fused-ring (bicyclic) bond motifs is 2. The van der Waals surface area contributed by atoms with Crippen molar-refractivity contribution in [3.8, 4) is 33.8 Å². The first-order chi connectivity index (χ1) is 33.4. The van der Waals surface area contributed by atoms with Crippen molar-refractivity contribution < 1.29 is 38.1 Å². The molecule has 0 amide bonds. The molecular formula is C60H61Cl2NO8. The highest BCUT2D eigenvalue weighted by Crippen LogP contribution is 2.38. The molecule has 9 nitrogen and oxygen atoms in total. The average Bonchev–Trinajstić information content (AvgIpc) is 3.37. The van der Waals surface area contributed by atoms with Crippen molar-refractivity contribution in [2.24, 2.45) is 0 Å². The van der Waals surface area contributed by atoms with Crippen LogP contribution in [0.1, 0.15) is 73.6 Å². The molecule has 0 radical (unpaired) electrons. The Kier molecular flexibility index (Phi) is 20.2. The van der Waals surface area contributed by atoms with Gasteiger partial charge < -0.3 is 29.8 Å². The van der Waals surface area contributed by atoms with E-state index in [1.807, 2.05) is 154 Å². The van der Waals surface area contributed by atoms with Gasteiger partial charge in [-0.05, 0) is 88.2 Å². The van der Waals surface area contributed by atoms with Crippen LogP contribution in [0, 0.1) is 0 Å². The second-order valence-electron chi connectivity index (χ2n) is 17.6. The Morgan fingerprint density at radius 1 is 0.465 bits per heavy atom. The van der Waals surface area contributed by atoms with Gasteiger partial charge in [-0.2, -0.15) is 0 Å². The van der Waals surface area contributed by atoms with Crippen molar-refractivity contribution in [1.82, 2.24) is 6.15 Å². The average molecular weight is 995 g/mol. The molecular weight excluding hydrogens is 934 g/mol. The molecule has 0 aliphatic heterocycles. The smallest absolute Gasteiger partial charge is 0.307 e. The summed E-state index contributed by atoms with van der Waals surface area (Å²) in [6.45, 7) is 6.51. The summed E-state index contributed by atoms with van der Waals surface area (Å²) in [7, 11) is 2.72. The summed E-state index contributed by atoms with van der Waals surface area (Å²) in [6, 6.07) is 60.9. The van der Waals surface area contributed by atoms with Crippen LogP contribution < -0.4 is 15.6 Å². The van der Waals surface area contributed by atoms with Gasteiger partial charge in [-0.15, -0.1) is 24.0 Å². The van der Waals surface area contributed by atoms with E-state index in [-0.39, 0.29) is 61.6 Å². The van der Waals surface area contributed by atoms with Crippen LogP contribution in [-0.4, -0.2) is 37.7 Å². The molecule has 8 aromatic rings. The first-order valence-corrected chi connectivity index (χ1v) is 23.4. The topological polar surface area (TPSA) is 132 Å². The molecule has 0 saturated heterocycles. The zero-order valence-electron chi connectivity index (χ0n) is 40.8. The molecule has 71 heavy (non-hydrogen) atoms. The lowest BCUT2D eigenvalue weighted by Crippen LogP contribution is -2.25. The normalized spacial score (nSPS) is 11.6. The SMILES string of the molecule is COC(=O)C[C@H](CC(=O)OC(C)(C)C)c1ccc(-c2ccc(OCc3ccccc3)c3ccccc23)cc1.COC(=O)C[C@H](Cl)c1ccc(-c2ccc(OCc3ccccc3)c3ccccc23)cc1.Cl.N. The van der Waals surface area contributed by atoms with Crippen LogP contribution in [0.15, 0.2) is 182 Å². The number of ether oxygens (including phenoxy) is 5. The molecule has 0 spiro atoms. The van der Waals surface area contributed by atoms with E-state index in [2.05, 4.69) is 48.5 Å². The number of hydrogen-bond acceptors (Lipinski definition) is 9. The van der Waals surface area contributed by atoms with Gasteiger partial charge in [0.05, 0.1) is 38.9 Å². The molecule has 2 atom stereocenters. The van der Waals surface area contributed by atoms with Crippen LogP contribution in [0.3, 0.4) is 0 Å². The van der Waals surface area contributed by atoms with Crippen LogP contribution in [-0.2, 0) is 41.8 Å². The van der Waals surface area contributed by atoms with E-state index in [9.17, 15) is 14.4 Å². The minimum atomic E-state index is -0.589. The number of halogens is 2. The third kappa shape index (κ3) is 15.2. The second-order valence-corrected chi connectivity index (χ2v) is 18.1. The van der Waals surface area contributed by atoms with Crippen molar-refractivity contribution in [2.45, 2.75) is 70.1 Å². The van der Waals surface area contributed by atoms with Gasteiger partial charge in [0, 0.05) is 16.7 Å². The molecule has 11 heteroatoms. The van der Waals surface area contributed by atoms with Gasteiger partial charge >= 0.3 is 17.9 Å². The van der Waals surface area contributed by atoms with Crippen molar-refractivity contribution in [3.05, 3.63) is 204 Å². The molecule has 0 aliphatic rings. The fraction of sp³-hybridized carbons (Fsp3) is 0.217. The van der Waals surface area contributed by atoms with Crippen LogP contribution in [0.5, 0.6) is 11.5 Å². The Labute approximate surface area is 428 Å². The van der Waals surface area contributed by atoms with E-state index in [4.69, 9.17) is 35.3 Å². The quantitative estimate of drug-likeness (QED) is 0.0571. The number of rotatable bonds is 16. The molecule has 0 fully saturated rings. The molecule has 0 unspecified atom stereocenters. The fourth-order valence-corrected chi connectivity index (χ4v) is 8.37. The number of carbonyl (C=O) groups excluding carboxylic acids is 3. The first kappa shape index (κ1) is 54.8. The summed E-state index contributed by atoms with van der Waals surface area (Å²) in [5.41, 5.74) is 7.75. The van der Waals surface area contributed by atoms with E-state index < -0.39 is 11.0 Å². The predicted molar refractivity (Wildman–Crippen MR) is 288 cm³/mol. The van der Waals surface area contributed by atoms with Gasteiger partial charge in [-0.1, -0.05) is 170 Å². The zero-order chi connectivity index (χ0) is 48.8. The lowest BCUT2D eigenvalue weighted by atomic mass is 9.90. The largest absolute Gasteiger partial charge is 0.488 e. The Hall–Kier alpha value is -7.17. The van der Waals surface area contributed by atoms with E-state index in [1.54, 1.807) is 0 Å². The third-order valence-electron chi connectivity index (χ3n) is 11.6. The number of hydrogen-bond donors (Lipinski definition) is 1. The van der Waals surface area contributed by atoms with Gasteiger partial charge in [-0.25, -0.2) is 0 Å². The highest BCUT2D eigenvalue weighted by Gasteiger charge is 2.24. The summed E-state index contributed by atoms with van der Waals surface area (Å²) in [4.78, 5) is 36.1. The summed E-state index contributed by atoms with van der Waals surface area (Å²) in [6.07, 6.45) is 0.349. The van der Waals surface area contributed by atoms with Crippen LogP contribution in [0.2, 0.25) is 0 Å². The molecule has 0 saturated carbocycles. The van der Waals surface area contributed by atoms with Gasteiger partial charge in [-0.3, -0.25) is 14.4 Å². The predicted octanol–water partition coefficient (Wildman–Crippen LogP) is 15.0. The van der Waals surface area contributed by atoms with Crippen LogP contribution in [0.4, 0.5) is 0 Å². The Morgan fingerprint density at radius 3 is 1.27 bits per heavy atom. The van der Waals surface area contributed by atoms with Crippen molar-refractivity contribution in [3.63, 3.8) is 0 Å². The molecule has 368 valence electrons. The van der Waals surface area contributed by atoms with E-state index in [0.29, 0.717) is 13.2 Å². The minimum Gasteiger partial charge on any atom is -0.488 e. The molecule has 8 rings (SSSR count). The van der Waals surface area contributed by atoms with Crippen molar-refractivity contribution in [2.75, 3.05) is 14.2 Å². The van der Waals surface area contributed by atoms with Gasteiger partial charge in [0.2, 0.25) is 0 Å². The number of benzene rings is 8. The maximum atomic E-state index is 12.5. The lowest BCUT2D eigenvalue weighted by Gasteiger charge is -2.22. The van der Waals surface area contributed by atoms with Crippen LogP contribution in [0.25, 0.3) is 43.8 Å². The van der Waals surface area contributed by atoms with E-state index >= 15 is 0 Å². The molecule has 0 aromatic heterocycles. The second kappa shape index (κ2) is 26.2. The Morgan fingerprint density at radius 2 is 0.845 bits per heavy atom. The first-order valence-electron chi connectivity index (χ1n) is 23.0. The molecule has 8 aromatic carbocycles. The monoisotopic (exact) mass is 993 g/mol. The Bertz CT molecular complexity index is 2980. The number of esters is 3. The molecule has 0 bridgehead atoms. The minimum absolute atomic E-state index is 0. The van der Waals surface area contributed by atoms with E-state index in [1.165, 1.54) is 14.2 Å². The Balaban J connectivity index is 0.000000262. The highest BCUT2D eigenvalue weighted by atomic mass is 35.5. The maximum Gasteiger partial charge on any atom is 0.307 e. The van der Waals surface area contributed by atoms with Gasteiger partial charge in [0.15, 0.2) is 0 Å². The highest BCUT2D eigenvalue weighted by molar-refractivity contribution is 6.21. The molecule has 0 aliphatic carbocycles. The van der Waals surface area contributed by atoms with Gasteiger partial charge in [0.1, 0.15) is 30.3 Å². The third-order valence-corrected chi connectivity index (χ3v) is 12.0. The number of carbonyl (C=O) groups is 3. The summed E-state index contributed by atoms with van der Waals surface area (Å²) >= 11 is 6.36.